The van der Waals surface area contributed by atoms with Crippen molar-refractivity contribution in [2.24, 2.45) is 0 Å². The first-order valence-corrected chi connectivity index (χ1v) is 5.56. The van der Waals surface area contributed by atoms with Crippen molar-refractivity contribution < 1.29 is 4.79 Å². The van der Waals surface area contributed by atoms with E-state index in [-0.39, 0.29) is 11.5 Å². The van der Waals surface area contributed by atoms with Crippen LogP contribution in [-0.4, -0.2) is 15.9 Å². The maximum atomic E-state index is 11.7. The maximum Gasteiger partial charge on any atom is 0.257 e. The predicted octanol–water partition coefficient (Wildman–Crippen LogP) is 1.78. The Balaban J connectivity index is 2.14. The summed E-state index contributed by atoms with van der Waals surface area (Å²) >= 11 is 3.20. The van der Waals surface area contributed by atoms with E-state index in [0.29, 0.717) is 15.9 Å². The molecule has 0 atom stereocenters. The van der Waals surface area contributed by atoms with Gasteiger partial charge in [0, 0.05) is 12.3 Å². The summed E-state index contributed by atoms with van der Waals surface area (Å²) in [6, 6.07) is 6.21. The monoisotopic (exact) mass is 293 g/mol. The third-order valence-corrected chi connectivity index (χ3v) is 2.50. The lowest BCUT2D eigenvalue weighted by Gasteiger charge is -2.04. The number of anilines is 1. The summed E-state index contributed by atoms with van der Waals surface area (Å²) in [6.45, 7) is 0. The molecule has 1 amide bonds. The number of hydrogen-bond donors (Lipinski definition) is 2. The van der Waals surface area contributed by atoms with Crippen LogP contribution in [0, 0.1) is 0 Å². The van der Waals surface area contributed by atoms with E-state index >= 15 is 0 Å². The molecule has 86 valence electrons. The van der Waals surface area contributed by atoms with E-state index in [1.807, 2.05) is 0 Å². The molecule has 17 heavy (non-hydrogen) atoms. The highest BCUT2D eigenvalue weighted by molar-refractivity contribution is 9.10. The third-order valence-electron chi connectivity index (χ3n) is 2.03. The molecule has 0 saturated carbocycles. The number of halogens is 1. The zero-order chi connectivity index (χ0) is 12.3. The third kappa shape index (κ3) is 3.01. The average molecular weight is 294 g/mol. The van der Waals surface area contributed by atoms with Gasteiger partial charge in [-0.15, -0.1) is 0 Å². The van der Waals surface area contributed by atoms with Crippen molar-refractivity contribution in [3.63, 3.8) is 0 Å². The molecule has 0 bridgehead atoms. The number of nitrogens with one attached hydrogen (secondary N) is 2. The van der Waals surface area contributed by atoms with E-state index in [1.165, 1.54) is 24.5 Å². The molecule has 0 aliphatic heterocycles. The number of carbonyl (C=O) groups is 1. The fourth-order valence-corrected chi connectivity index (χ4v) is 1.44. The molecule has 2 heterocycles. The van der Waals surface area contributed by atoms with Crippen molar-refractivity contribution >= 4 is 27.5 Å². The molecule has 0 aliphatic carbocycles. The molecular formula is C11H8BrN3O2. The molecular weight excluding hydrogens is 286 g/mol. The summed E-state index contributed by atoms with van der Waals surface area (Å²) in [5.41, 5.74) is 0.726. The Labute approximate surface area is 105 Å². The van der Waals surface area contributed by atoms with Crippen LogP contribution in [0.25, 0.3) is 0 Å². The van der Waals surface area contributed by atoms with Gasteiger partial charge in [0.05, 0.1) is 17.4 Å². The number of aromatic amines is 1. The summed E-state index contributed by atoms with van der Waals surface area (Å²) in [5, 5.41) is 2.66. The van der Waals surface area contributed by atoms with Crippen LogP contribution in [0.4, 0.5) is 5.69 Å². The van der Waals surface area contributed by atoms with Crippen LogP contribution in [0.15, 0.2) is 46.1 Å². The molecule has 0 aliphatic rings. The highest BCUT2D eigenvalue weighted by Gasteiger charge is 2.05. The van der Waals surface area contributed by atoms with Crippen LogP contribution in [0.2, 0.25) is 0 Å². The Morgan fingerprint density at radius 2 is 2.12 bits per heavy atom. The number of H-pyrrole nitrogens is 1. The Hall–Kier alpha value is -1.95. The molecule has 2 aromatic rings. The van der Waals surface area contributed by atoms with E-state index < -0.39 is 0 Å². The second-order valence-electron chi connectivity index (χ2n) is 3.27. The van der Waals surface area contributed by atoms with Crippen LogP contribution in [0.1, 0.15) is 10.4 Å². The molecule has 2 aromatic heterocycles. The van der Waals surface area contributed by atoms with Gasteiger partial charge in [-0.2, -0.15) is 0 Å². The fraction of sp³-hybridized carbons (Fsp3) is 0. The number of amides is 1. The van der Waals surface area contributed by atoms with Gasteiger partial charge >= 0.3 is 0 Å². The van der Waals surface area contributed by atoms with Crippen LogP contribution in [-0.2, 0) is 0 Å². The first-order valence-electron chi connectivity index (χ1n) is 4.77. The van der Waals surface area contributed by atoms with Crippen molar-refractivity contribution in [3.8, 4) is 0 Å². The second-order valence-corrected chi connectivity index (χ2v) is 4.08. The second kappa shape index (κ2) is 4.92. The van der Waals surface area contributed by atoms with Crippen molar-refractivity contribution in [3.05, 3.63) is 57.2 Å². The van der Waals surface area contributed by atoms with Crippen LogP contribution >= 0.6 is 15.9 Å². The van der Waals surface area contributed by atoms with Gasteiger partial charge < -0.3 is 10.3 Å². The minimum Gasteiger partial charge on any atom is -0.328 e. The first kappa shape index (κ1) is 11.5. The van der Waals surface area contributed by atoms with Gasteiger partial charge in [-0.25, -0.2) is 4.98 Å². The van der Waals surface area contributed by atoms with E-state index in [2.05, 4.69) is 31.2 Å². The van der Waals surface area contributed by atoms with E-state index in [9.17, 15) is 9.59 Å². The van der Waals surface area contributed by atoms with Gasteiger partial charge in [0.1, 0.15) is 4.60 Å². The highest BCUT2D eigenvalue weighted by atomic mass is 79.9. The SMILES string of the molecule is O=C(Nc1ccc(Br)nc1)c1ccc(=O)[nH]c1. The molecule has 0 unspecified atom stereocenters. The number of aromatic nitrogens is 2. The van der Waals surface area contributed by atoms with Gasteiger partial charge in [-0.3, -0.25) is 9.59 Å². The quantitative estimate of drug-likeness (QED) is 0.829. The lowest BCUT2D eigenvalue weighted by Crippen LogP contribution is -2.14. The number of rotatable bonds is 2. The number of pyridine rings is 2. The Bertz CT molecular complexity index is 572. The Kier molecular flexibility index (Phi) is 3.34. The number of hydrogen-bond acceptors (Lipinski definition) is 3. The molecule has 0 aromatic carbocycles. The lowest BCUT2D eigenvalue weighted by atomic mass is 10.2. The van der Waals surface area contributed by atoms with Crippen LogP contribution in [0.5, 0.6) is 0 Å². The van der Waals surface area contributed by atoms with Crippen molar-refractivity contribution in [1.29, 1.82) is 0 Å². The fourth-order valence-electron chi connectivity index (χ4n) is 1.20. The normalized spacial score (nSPS) is 9.94. The molecule has 6 heteroatoms. The minimum atomic E-state index is -0.301. The highest BCUT2D eigenvalue weighted by Crippen LogP contribution is 2.11. The first-order chi connectivity index (χ1) is 8.15. The van der Waals surface area contributed by atoms with Crippen LogP contribution in [0.3, 0.4) is 0 Å². The van der Waals surface area contributed by atoms with Gasteiger partial charge in [0.2, 0.25) is 5.56 Å². The Morgan fingerprint density at radius 3 is 2.71 bits per heavy atom. The number of nitrogens with zero attached hydrogens (tertiary/aromatic N) is 1. The van der Waals surface area contributed by atoms with Gasteiger partial charge in [0.15, 0.2) is 0 Å². The molecule has 0 spiro atoms. The number of carbonyl (C=O) groups excluding carboxylic acids is 1. The summed E-state index contributed by atoms with van der Waals surface area (Å²) in [7, 11) is 0. The van der Waals surface area contributed by atoms with E-state index in [4.69, 9.17) is 0 Å². The molecule has 0 saturated heterocycles. The predicted molar refractivity (Wildman–Crippen MR) is 67.0 cm³/mol. The van der Waals surface area contributed by atoms with Crippen molar-refractivity contribution in [1.82, 2.24) is 9.97 Å². The van der Waals surface area contributed by atoms with Gasteiger partial charge in [-0.05, 0) is 34.1 Å². The summed E-state index contributed by atoms with van der Waals surface area (Å²) in [5.74, 6) is -0.301. The molecule has 2 N–H and O–H groups in total. The molecule has 5 nitrogen and oxygen atoms in total. The summed E-state index contributed by atoms with van der Waals surface area (Å²) in [4.78, 5) is 29.0. The smallest absolute Gasteiger partial charge is 0.257 e. The summed E-state index contributed by atoms with van der Waals surface area (Å²) in [6.07, 6.45) is 2.90. The maximum absolute atomic E-state index is 11.7. The van der Waals surface area contributed by atoms with Gasteiger partial charge in [-0.1, -0.05) is 0 Å². The van der Waals surface area contributed by atoms with Gasteiger partial charge in [0.25, 0.3) is 5.91 Å². The molecule has 2 rings (SSSR count). The minimum absolute atomic E-state index is 0.244. The average Bonchev–Trinajstić information content (AvgIpc) is 2.33. The molecule has 0 fully saturated rings. The Morgan fingerprint density at radius 1 is 1.29 bits per heavy atom. The zero-order valence-electron chi connectivity index (χ0n) is 8.61. The largest absolute Gasteiger partial charge is 0.328 e. The van der Waals surface area contributed by atoms with E-state index in [0.717, 1.165) is 0 Å². The standard InChI is InChI=1S/C11H8BrN3O2/c12-9-3-2-8(6-13-9)15-11(17)7-1-4-10(16)14-5-7/h1-6H,(H,14,16)(H,15,17). The van der Waals surface area contributed by atoms with Crippen LogP contribution < -0.4 is 10.9 Å². The summed E-state index contributed by atoms with van der Waals surface area (Å²) < 4.78 is 0.694. The van der Waals surface area contributed by atoms with Crippen molar-refractivity contribution in [2.75, 3.05) is 5.32 Å². The zero-order valence-corrected chi connectivity index (χ0v) is 10.2. The van der Waals surface area contributed by atoms with Crippen molar-refractivity contribution in [2.45, 2.75) is 0 Å². The lowest BCUT2D eigenvalue weighted by molar-refractivity contribution is 0.102. The van der Waals surface area contributed by atoms with E-state index in [1.54, 1.807) is 12.1 Å². The topological polar surface area (TPSA) is 74.8 Å². The molecule has 0 radical (unpaired) electrons.